The molecular formula is C18H20ClNO5S. The van der Waals surface area contributed by atoms with Crippen LogP contribution >= 0.6 is 11.6 Å². The summed E-state index contributed by atoms with van der Waals surface area (Å²) in [7, 11) is -1.21. The fraction of sp³-hybridized carbons (Fsp3) is 0.278. The Balaban J connectivity index is 2.32. The number of aliphatic carboxylic acids is 1. The molecule has 0 aliphatic rings. The van der Waals surface area contributed by atoms with Crippen molar-refractivity contribution in [3.8, 4) is 5.75 Å². The van der Waals surface area contributed by atoms with Gasteiger partial charge in [-0.25, -0.2) is 8.42 Å². The van der Waals surface area contributed by atoms with E-state index in [-0.39, 0.29) is 11.3 Å². The molecule has 1 N–H and O–H groups in total. The second-order valence-corrected chi connectivity index (χ2v) is 8.27. The van der Waals surface area contributed by atoms with Crippen molar-refractivity contribution < 1.29 is 23.1 Å². The molecule has 8 heteroatoms. The van der Waals surface area contributed by atoms with E-state index in [9.17, 15) is 18.3 Å². The molecule has 140 valence electrons. The number of carboxylic acids is 1. The lowest BCUT2D eigenvalue weighted by atomic mass is 10.1. The molecule has 2 aromatic carbocycles. The molecule has 0 bridgehead atoms. The third-order valence-electron chi connectivity index (χ3n) is 4.07. The molecule has 0 heterocycles. The minimum absolute atomic E-state index is 0.0271. The second-order valence-electron chi connectivity index (χ2n) is 5.86. The van der Waals surface area contributed by atoms with Gasteiger partial charge >= 0.3 is 5.97 Å². The van der Waals surface area contributed by atoms with Crippen LogP contribution in [-0.4, -0.2) is 44.0 Å². The van der Waals surface area contributed by atoms with E-state index in [0.717, 1.165) is 9.87 Å². The molecule has 0 fully saturated rings. The van der Waals surface area contributed by atoms with Gasteiger partial charge in [0.25, 0.3) is 0 Å². The molecule has 26 heavy (non-hydrogen) atoms. The van der Waals surface area contributed by atoms with Gasteiger partial charge in [0.05, 0.1) is 17.0 Å². The van der Waals surface area contributed by atoms with Gasteiger partial charge in [-0.05, 0) is 43.2 Å². The summed E-state index contributed by atoms with van der Waals surface area (Å²) in [6, 6.07) is 9.83. The van der Waals surface area contributed by atoms with Crippen molar-refractivity contribution in [2.45, 2.75) is 24.3 Å². The summed E-state index contributed by atoms with van der Waals surface area (Å²) in [5.74, 6) is -0.780. The smallest absolute Gasteiger partial charge is 0.322 e. The Morgan fingerprint density at radius 1 is 1.23 bits per heavy atom. The van der Waals surface area contributed by atoms with Crippen molar-refractivity contribution in [2.24, 2.45) is 0 Å². The average Bonchev–Trinajstić information content (AvgIpc) is 2.59. The number of sulfonamides is 1. The normalized spacial score (nSPS) is 12.8. The van der Waals surface area contributed by atoms with Gasteiger partial charge in [0.2, 0.25) is 10.0 Å². The summed E-state index contributed by atoms with van der Waals surface area (Å²) in [6.45, 7) is 1.84. The Morgan fingerprint density at radius 2 is 1.85 bits per heavy atom. The summed E-state index contributed by atoms with van der Waals surface area (Å²) in [5.41, 5.74) is 1.50. The van der Waals surface area contributed by atoms with Gasteiger partial charge in [-0.15, -0.1) is 0 Å². The van der Waals surface area contributed by atoms with E-state index in [4.69, 9.17) is 16.3 Å². The van der Waals surface area contributed by atoms with Gasteiger partial charge in [0.1, 0.15) is 11.8 Å². The predicted octanol–water partition coefficient (Wildman–Crippen LogP) is 2.97. The van der Waals surface area contributed by atoms with E-state index in [1.807, 2.05) is 6.92 Å². The molecule has 0 saturated carbocycles. The van der Waals surface area contributed by atoms with Crippen LogP contribution in [0.25, 0.3) is 0 Å². The second kappa shape index (κ2) is 8.07. The van der Waals surface area contributed by atoms with Gasteiger partial charge in [-0.3, -0.25) is 4.79 Å². The van der Waals surface area contributed by atoms with Crippen LogP contribution in [0.4, 0.5) is 0 Å². The van der Waals surface area contributed by atoms with E-state index >= 15 is 0 Å². The Bertz CT molecular complexity index is 896. The number of ether oxygens (including phenoxy) is 1. The average molecular weight is 398 g/mol. The monoisotopic (exact) mass is 397 g/mol. The minimum atomic E-state index is -3.95. The van der Waals surface area contributed by atoms with Crippen molar-refractivity contribution in [1.82, 2.24) is 4.31 Å². The fourth-order valence-corrected chi connectivity index (χ4v) is 4.07. The maximum Gasteiger partial charge on any atom is 0.322 e. The van der Waals surface area contributed by atoms with Crippen LogP contribution in [0.1, 0.15) is 11.1 Å². The van der Waals surface area contributed by atoms with Crippen LogP contribution < -0.4 is 4.74 Å². The predicted molar refractivity (Wildman–Crippen MR) is 99.3 cm³/mol. The van der Waals surface area contributed by atoms with Crippen LogP contribution in [0.5, 0.6) is 5.75 Å². The number of halogens is 1. The van der Waals surface area contributed by atoms with E-state index in [0.29, 0.717) is 16.3 Å². The highest BCUT2D eigenvalue weighted by Gasteiger charge is 2.33. The van der Waals surface area contributed by atoms with Crippen molar-refractivity contribution >= 4 is 27.6 Å². The molecule has 0 radical (unpaired) electrons. The molecular weight excluding hydrogens is 378 g/mol. The Kier molecular flexibility index (Phi) is 6.28. The topological polar surface area (TPSA) is 83.9 Å². The van der Waals surface area contributed by atoms with E-state index in [1.165, 1.54) is 26.3 Å². The number of nitrogens with zero attached hydrogens (tertiary/aromatic N) is 1. The summed E-state index contributed by atoms with van der Waals surface area (Å²) in [5, 5.41) is 9.90. The highest BCUT2D eigenvalue weighted by Crippen LogP contribution is 2.26. The van der Waals surface area contributed by atoms with Crippen LogP contribution in [0.15, 0.2) is 47.4 Å². The number of hydrogen-bond acceptors (Lipinski definition) is 4. The Labute approximate surface area is 158 Å². The molecule has 0 unspecified atom stereocenters. The van der Waals surface area contributed by atoms with Crippen LogP contribution in [0, 0.1) is 6.92 Å². The zero-order valence-electron chi connectivity index (χ0n) is 14.6. The first-order valence-corrected chi connectivity index (χ1v) is 9.58. The number of aryl methyl sites for hydroxylation is 1. The maximum atomic E-state index is 12.8. The first-order chi connectivity index (χ1) is 12.2. The quantitative estimate of drug-likeness (QED) is 0.776. The molecule has 0 aliphatic carbocycles. The van der Waals surface area contributed by atoms with Crippen LogP contribution in [0.2, 0.25) is 5.02 Å². The minimum Gasteiger partial charge on any atom is -0.495 e. The molecule has 2 aromatic rings. The Hall–Kier alpha value is -2.09. The number of benzene rings is 2. The molecule has 6 nitrogen and oxygen atoms in total. The van der Waals surface area contributed by atoms with E-state index < -0.39 is 22.0 Å². The fourth-order valence-electron chi connectivity index (χ4n) is 2.48. The van der Waals surface area contributed by atoms with E-state index in [2.05, 4.69) is 0 Å². The highest BCUT2D eigenvalue weighted by molar-refractivity contribution is 7.89. The first kappa shape index (κ1) is 20.2. The summed E-state index contributed by atoms with van der Waals surface area (Å²) >= 11 is 6.07. The number of hydrogen-bond donors (Lipinski definition) is 1. The summed E-state index contributed by atoms with van der Waals surface area (Å²) in [4.78, 5) is 11.8. The molecule has 0 aliphatic heterocycles. The molecule has 2 rings (SSSR count). The largest absolute Gasteiger partial charge is 0.495 e. The van der Waals surface area contributed by atoms with Gasteiger partial charge in [0, 0.05) is 7.05 Å². The summed E-state index contributed by atoms with van der Waals surface area (Å²) < 4.78 is 31.5. The van der Waals surface area contributed by atoms with Gasteiger partial charge in [0.15, 0.2) is 0 Å². The SMILES string of the molecule is COc1ccc(C[C@H](C(=O)O)N(C)S(=O)(=O)c2ccc(C)cc2)cc1Cl. The van der Waals surface area contributed by atoms with Crippen molar-refractivity contribution in [3.05, 3.63) is 58.6 Å². The number of carbonyl (C=O) groups is 1. The van der Waals surface area contributed by atoms with Crippen molar-refractivity contribution in [3.63, 3.8) is 0 Å². The number of carboxylic acid groups (broad SMARTS) is 1. The highest BCUT2D eigenvalue weighted by atomic mass is 35.5. The maximum absolute atomic E-state index is 12.8. The summed E-state index contributed by atoms with van der Waals surface area (Å²) in [6.07, 6.45) is -0.0271. The number of methoxy groups -OCH3 is 1. The van der Waals surface area contributed by atoms with Gasteiger partial charge in [-0.1, -0.05) is 35.4 Å². The van der Waals surface area contributed by atoms with Crippen LogP contribution in [-0.2, 0) is 21.2 Å². The molecule has 0 amide bonds. The lowest BCUT2D eigenvalue weighted by Gasteiger charge is -2.24. The zero-order valence-corrected chi connectivity index (χ0v) is 16.2. The molecule has 0 spiro atoms. The zero-order chi connectivity index (χ0) is 19.5. The lowest BCUT2D eigenvalue weighted by Crippen LogP contribution is -2.43. The lowest BCUT2D eigenvalue weighted by molar-refractivity contribution is -0.141. The molecule has 1 atom stereocenters. The first-order valence-electron chi connectivity index (χ1n) is 7.76. The molecule has 0 aromatic heterocycles. The number of likely N-dealkylation sites (N-methyl/N-ethyl adjacent to an activating group) is 1. The third-order valence-corrected chi connectivity index (χ3v) is 6.24. The number of rotatable bonds is 7. The molecule has 0 saturated heterocycles. The van der Waals surface area contributed by atoms with Crippen molar-refractivity contribution in [1.29, 1.82) is 0 Å². The third kappa shape index (κ3) is 4.35. The van der Waals surface area contributed by atoms with Crippen molar-refractivity contribution in [2.75, 3.05) is 14.2 Å². The van der Waals surface area contributed by atoms with Crippen LogP contribution in [0.3, 0.4) is 0 Å². The standard InChI is InChI=1S/C18H20ClNO5S/c1-12-4-7-14(8-5-12)26(23,24)20(2)16(18(21)22)11-13-6-9-17(25-3)15(19)10-13/h4-10,16H,11H2,1-3H3,(H,21,22)/t16-/m1/s1. The van der Waals surface area contributed by atoms with Gasteiger partial charge < -0.3 is 9.84 Å². The van der Waals surface area contributed by atoms with E-state index in [1.54, 1.807) is 30.3 Å². The Morgan fingerprint density at radius 3 is 2.35 bits per heavy atom. The van der Waals surface area contributed by atoms with Gasteiger partial charge in [-0.2, -0.15) is 4.31 Å².